The van der Waals surface area contributed by atoms with Crippen molar-refractivity contribution < 1.29 is 22.7 Å². The average molecular weight is 609 g/mol. The molecule has 1 aliphatic rings. The average Bonchev–Trinajstić information content (AvgIpc) is 3.57. The number of sulfone groups is 1. The van der Waals surface area contributed by atoms with Gasteiger partial charge in [-0.2, -0.15) is 0 Å². The van der Waals surface area contributed by atoms with E-state index in [0.717, 1.165) is 29.2 Å². The van der Waals surface area contributed by atoms with Crippen LogP contribution in [0, 0.1) is 0 Å². The normalized spacial score (nSPS) is 14.8. The molecule has 220 valence electrons. The van der Waals surface area contributed by atoms with Gasteiger partial charge in [0.1, 0.15) is 24.0 Å². The van der Waals surface area contributed by atoms with Crippen molar-refractivity contribution in [2.45, 2.75) is 16.9 Å². The Morgan fingerprint density at radius 1 is 1.02 bits per heavy atom. The third-order valence-corrected chi connectivity index (χ3v) is 9.27. The summed E-state index contributed by atoms with van der Waals surface area (Å²) in [6.45, 7) is 4.11. The Morgan fingerprint density at radius 2 is 1.86 bits per heavy atom. The van der Waals surface area contributed by atoms with Crippen LogP contribution in [0.15, 0.2) is 83.5 Å². The largest absolute Gasteiger partial charge is 0.463 e. The number of aromatic nitrogens is 3. The van der Waals surface area contributed by atoms with E-state index in [1.807, 2.05) is 29.6 Å². The van der Waals surface area contributed by atoms with Crippen molar-refractivity contribution in [2.75, 3.05) is 51.3 Å². The summed E-state index contributed by atoms with van der Waals surface area (Å²) < 4.78 is 38.1. The van der Waals surface area contributed by atoms with Gasteiger partial charge in [0.25, 0.3) is 0 Å². The molecule has 3 aromatic heterocycles. The van der Waals surface area contributed by atoms with Gasteiger partial charge in [-0.25, -0.2) is 23.4 Å². The predicted octanol–water partition coefficient (Wildman–Crippen LogP) is 3.15. The number of benzene rings is 1. The van der Waals surface area contributed by atoms with Crippen LogP contribution in [0.25, 0.3) is 10.6 Å². The molecule has 1 aromatic carbocycles. The lowest BCUT2D eigenvalue weighted by Gasteiger charge is -2.26. The molecule has 0 bridgehead atoms. The summed E-state index contributed by atoms with van der Waals surface area (Å²) in [7, 11) is -3.96. The van der Waals surface area contributed by atoms with Gasteiger partial charge in [0.05, 0.1) is 18.9 Å². The van der Waals surface area contributed by atoms with E-state index >= 15 is 0 Å². The summed E-state index contributed by atoms with van der Waals surface area (Å²) >= 11 is 1.55. The van der Waals surface area contributed by atoms with Crippen LogP contribution in [0.1, 0.15) is 16.6 Å². The number of hydrogen-bond donors (Lipinski definition) is 2. The Hall–Kier alpha value is -3.75. The van der Waals surface area contributed by atoms with Crippen LogP contribution in [-0.2, 0) is 30.7 Å². The molecule has 0 aliphatic carbocycles. The number of carbonyl (C=O) groups excluding carboxylic acids is 1. The van der Waals surface area contributed by atoms with Crippen LogP contribution < -0.4 is 10.6 Å². The van der Waals surface area contributed by atoms with Crippen LogP contribution in [0.4, 0.5) is 5.82 Å². The maximum Gasteiger partial charge on any atom is 0.325 e. The van der Waals surface area contributed by atoms with E-state index < -0.39 is 21.2 Å². The van der Waals surface area contributed by atoms with E-state index in [9.17, 15) is 13.2 Å². The van der Waals surface area contributed by atoms with Gasteiger partial charge in [0.15, 0.2) is 10.4 Å². The van der Waals surface area contributed by atoms with Crippen LogP contribution in [0.3, 0.4) is 0 Å². The van der Waals surface area contributed by atoms with Crippen molar-refractivity contribution in [1.29, 1.82) is 0 Å². The highest BCUT2D eigenvalue weighted by molar-refractivity contribution is 7.91. The minimum atomic E-state index is -3.96. The molecule has 1 aliphatic heterocycles. The van der Waals surface area contributed by atoms with Crippen molar-refractivity contribution in [3.63, 3.8) is 0 Å². The maximum absolute atomic E-state index is 13.7. The third-order valence-electron chi connectivity index (χ3n) is 6.59. The maximum atomic E-state index is 13.7. The Morgan fingerprint density at radius 3 is 2.60 bits per heavy atom. The Kier molecular flexibility index (Phi) is 10.2. The highest BCUT2D eigenvalue weighted by atomic mass is 32.2. The number of hydrogen-bond acceptors (Lipinski definition) is 12. The van der Waals surface area contributed by atoms with Gasteiger partial charge >= 0.3 is 5.97 Å². The zero-order chi connectivity index (χ0) is 29.2. The number of nitrogens with zero attached hydrogens (tertiary/aromatic N) is 4. The van der Waals surface area contributed by atoms with Crippen molar-refractivity contribution in [2.24, 2.45) is 0 Å². The second-order valence-electron chi connectivity index (χ2n) is 9.48. The SMILES string of the molecule is O=C(CNc1cccc(C(NCc2ccc(-c3nccs3)cc2)S(=O)(=O)c2ccccn2)n1)OCCN1CCOCC1. The number of rotatable bonds is 13. The van der Waals surface area contributed by atoms with E-state index in [0.29, 0.717) is 25.6 Å². The standard InChI is InChI=1S/C29H32N6O5S2/c36-27(40-18-15-35-13-16-39-17-14-35)21-32-25-5-3-4-24(34-25)29(42(37,38)26-6-1-2-11-30-26)33-20-22-7-9-23(10-8-22)28-31-12-19-41-28/h1-12,19,29,33H,13-18,20-21H2,(H,32,34). The lowest BCUT2D eigenvalue weighted by Crippen LogP contribution is -2.38. The molecule has 13 heteroatoms. The number of ether oxygens (including phenoxy) is 2. The summed E-state index contributed by atoms with van der Waals surface area (Å²) in [5.74, 6) is -0.0686. The first kappa shape index (κ1) is 29.7. The zero-order valence-corrected chi connectivity index (χ0v) is 24.5. The topological polar surface area (TPSA) is 136 Å². The van der Waals surface area contributed by atoms with Gasteiger partial charge < -0.3 is 14.8 Å². The molecule has 1 unspecified atom stereocenters. The molecule has 2 N–H and O–H groups in total. The highest BCUT2D eigenvalue weighted by Crippen LogP contribution is 2.27. The summed E-state index contributed by atoms with van der Waals surface area (Å²) in [4.78, 5) is 27.4. The first-order valence-corrected chi connectivity index (χ1v) is 16.0. The summed E-state index contributed by atoms with van der Waals surface area (Å²) in [5, 5.41) is 7.70. The number of morpholine rings is 1. The first-order valence-electron chi connectivity index (χ1n) is 13.5. The highest BCUT2D eigenvalue weighted by Gasteiger charge is 2.31. The molecule has 4 heterocycles. The summed E-state index contributed by atoms with van der Waals surface area (Å²) in [6, 6.07) is 17.5. The molecule has 4 aromatic rings. The fraction of sp³-hybridized carbons (Fsp3) is 0.310. The summed E-state index contributed by atoms with van der Waals surface area (Å²) in [5.41, 5.74) is 2.16. The molecule has 0 saturated carbocycles. The Bertz CT molecular complexity index is 1530. The van der Waals surface area contributed by atoms with E-state index in [4.69, 9.17) is 9.47 Å². The number of anilines is 1. The first-order chi connectivity index (χ1) is 20.5. The second kappa shape index (κ2) is 14.4. The monoisotopic (exact) mass is 608 g/mol. The summed E-state index contributed by atoms with van der Waals surface area (Å²) in [6.07, 6.45) is 3.20. The smallest absolute Gasteiger partial charge is 0.325 e. The lowest BCUT2D eigenvalue weighted by molar-refractivity contribution is -0.142. The molecule has 0 amide bonds. The van der Waals surface area contributed by atoms with Crippen LogP contribution in [-0.4, -0.2) is 80.2 Å². The number of esters is 1. The van der Waals surface area contributed by atoms with E-state index in [-0.39, 0.29) is 30.4 Å². The van der Waals surface area contributed by atoms with Crippen LogP contribution >= 0.6 is 11.3 Å². The third kappa shape index (κ3) is 7.95. The fourth-order valence-corrected chi connectivity index (χ4v) is 6.49. The zero-order valence-electron chi connectivity index (χ0n) is 22.9. The van der Waals surface area contributed by atoms with E-state index in [1.165, 1.54) is 12.3 Å². The fourth-order valence-electron chi connectivity index (χ4n) is 4.37. The Balaban J connectivity index is 1.26. The number of carbonyl (C=O) groups is 1. The van der Waals surface area contributed by atoms with Gasteiger partial charge in [-0.15, -0.1) is 11.3 Å². The lowest BCUT2D eigenvalue weighted by atomic mass is 10.1. The predicted molar refractivity (Wildman–Crippen MR) is 159 cm³/mol. The van der Waals surface area contributed by atoms with Gasteiger partial charge in [0, 0.05) is 49.5 Å². The van der Waals surface area contributed by atoms with E-state index in [1.54, 1.807) is 47.9 Å². The molecular formula is C29H32N6O5S2. The number of pyridine rings is 2. The van der Waals surface area contributed by atoms with Crippen molar-refractivity contribution in [3.05, 3.63) is 89.7 Å². The molecular weight excluding hydrogens is 576 g/mol. The number of thiazole rings is 1. The Labute approximate surface area is 248 Å². The van der Waals surface area contributed by atoms with E-state index in [2.05, 4.69) is 30.5 Å². The van der Waals surface area contributed by atoms with Gasteiger partial charge in [-0.1, -0.05) is 36.4 Å². The van der Waals surface area contributed by atoms with Crippen LogP contribution in [0.5, 0.6) is 0 Å². The van der Waals surface area contributed by atoms with Gasteiger partial charge in [-0.05, 0) is 29.8 Å². The minimum Gasteiger partial charge on any atom is -0.463 e. The molecule has 1 fully saturated rings. The second-order valence-corrected chi connectivity index (χ2v) is 12.4. The quantitative estimate of drug-likeness (QED) is 0.217. The minimum absolute atomic E-state index is 0.0642. The molecule has 0 spiro atoms. The van der Waals surface area contributed by atoms with Gasteiger partial charge in [0.2, 0.25) is 9.84 Å². The molecule has 0 radical (unpaired) electrons. The van der Waals surface area contributed by atoms with Crippen molar-refractivity contribution >= 4 is 33.0 Å². The van der Waals surface area contributed by atoms with Crippen molar-refractivity contribution in [3.8, 4) is 10.6 Å². The van der Waals surface area contributed by atoms with Crippen LogP contribution in [0.2, 0.25) is 0 Å². The molecule has 42 heavy (non-hydrogen) atoms. The molecule has 11 nitrogen and oxygen atoms in total. The van der Waals surface area contributed by atoms with Gasteiger partial charge in [-0.3, -0.25) is 15.0 Å². The molecule has 5 rings (SSSR count). The molecule has 1 saturated heterocycles. The van der Waals surface area contributed by atoms with Crippen molar-refractivity contribution in [1.82, 2.24) is 25.2 Å². The molecule has 1 atom stereocenters. The number of nitrogens with one attached hydrogen (secondary N) is 2.